The number of rotatable bonds is 5. The van der Waals surface area contributed by atoms with Crippen molar-refractivity contribution >= 4 is 28.9 Å². The highest BCUT2D eigenvalue weighted by Gasteiger charge is 2.20. The van der Waals surface area contributed by atoms with E-state index in [1.54, 1.807) is 0 Å². The molecule has 0 spiro atoms. The van der Waals surface area contributed by atoms with E-state index in [1.807, 2.05) is 12.1 Å². The molecular formula is C14H19ClN2O. The first-order valence-electron chi connectivity index (χ1n) is 6.52. The van der Waals surface area contributed by atoms with Crippen LogP contribution in [0.1, 0.15) is 38.7 Å². The summed E-state index contributed by atoms with van der Waals surface area (Å²) in [6, 6.07) is 4.27. The molecule has 1 amide bonds. The fourth-order valence-corrected chi connectivity index (χ4v) is 2.52. The van der Waals surface area contributed by atoms with Crippen LogP contribution < -0.4 is 10.6 Å². The van der Waals surface area contributed by atoms with Crippen LogP contribution in [0.5, 0.6) is 0 Å². The van der Waals surface area contributed by atoms with E-state index < -0.39 is 0 Å². The van der Waals surface area contributed by atoms with Crippen molar-refractivity contribution in [3.8, 4) is 0 Å². The second kappa shape index (κ2) is 5.61. The van der Waals surface area contributed by atoms with Crippen LogP contribution in [0.2, 0.25) is 5.02 Å². The van der Waals surface area contributed by atoms with E-state index in [2.05, 4.69) is 24.5 Å². The van der Waals surface area contributed by atoms with E-state index in [-0.39, 0.29) is 5.91 Å². The predicted molar refractivity (Wildman–Crippen MR) is 76.4 cm³/mol. The number of fused-ring (bicyclic) bond motifs is 1. The van der Waals surface area contributed by atoms with E-state index >= 15 is 0 Å². The Hall–Kier alpha value is -1.22. The Morgan fingerprint density at radius 3 is 2.89 bits per heavy atom. The van der Waals surface area contributed by atoms with Crippen molar-refractivity contribution in [2.75, 3.05) is 10.6 Å². The molecule has 0 aromatic heterocycles. The van der Waals surface area contributed by atoms with Gasteiger partial charge in [0, 0.05) is 11.7 Å². The number of nitrogens with one attached hydrogen (secondary N) is 2. The summed E-state index contributed by atoms with van der Waals surface area (Å²) in [5.74, 6) is 0.0406. The predicted octanol–water partition coefficient (Wildman–Crippen LogP) is 3.83. The second-order valence-electron chi connectivity index (χ2n) is 4.75. The standard InChI is InChI=1S/C14H19ClN2O/c1-3-5-10(4-2)16-13-6-9-7-14(18)17-12(9)8-11(13)15/h6,8,10,16H,3-5,7H2,1-2H3,(H,17,18). The lowest BCUT2D eigenvalue weighted by Crippen LogP contribution is -2.18. The third kappa shape index (κ3) is 2.78. The number of amides is 1. The Bertz CT molecular complexity index is 459. The molecule has 98 valence electrons. The molecule has 2 N–H and O–H groups in total. The second-order valence-corrected chi connectivity index (χ2v) is 5.16. The summed E-state index contributed by atoms with van der Waals surface area (Å²) < 4.78 is 0. The van der Waals surface area contributed by atoms with Gasteiger partial charge in [0.1, 0.15) is 0 Å². The molecule has 0 fully saturated rings. The number of hydrogen-bond donors (Lipinski definition) is 2. The zero-order valence-corrected chi connectivity index (χ0v) is 11.6. The first-order valence-corrected chi connectivity index (χ1v) is 6.90. The summed E-state index contributed by atoms with van der Waals surface area (Å²) in [6.45, 7) is 4.34. The molecule has 0 aliphatic carbocycles. The SMILES string of the molecule is CCCC(CC)Nc1cc2c(cc1Cl)NC(=O)C2. The van der Waals surface area contributed by atoms with Gasteiger partial charge in [-0.05, 0) is 30.5 Å². The molecule has 0 bridgehead atoms. The fraction of sp³-hybridized carbons (Fsp3) is 0.500. The van der Waals surface area contributed by atoms with Gasteiger partial charge in [0.05, 0.1) is 17.1 Å². The van der Waals surface area contributed by atoms with Gasteiger partial charge >= 0.3 is 0 Å². The molecule has 1 aromatic carbocycles. The van der Waals surface area contributed by atoms with Crippen molar-refractivity contribution in [2.24, 2.45) is 0 Å². The number of benzene rings is 1. The summed E-state index contributed by atoms with van der Waals surface area (Å²) in [6.07, 6.45) is 3.79. The normalized spacial score (nSPS) is 15.2. The minimum atomic E-state index is 0.0406. The largest absolute Gasteiger partial charge is 0.381 e. The van der Waals surface area contributed by atoms with Crippen LogP contribution in [0.3, 0.4) is 0 Å². The maximum Gasteiger partial charge on any atom is 0.228 e. The van der Waals surface area contributed by atoms with E-state index in [9.17, 15) is 4.79 Å². The molecule has 3 nitrogen and oxygen atoms in total. The quantitative estimate of drug-likeness (QED) is 0.851. The van der Waals surface area contributed by atoms with Gasteiger partial charge in [0.15, 0.2) is 0 Å². The highest BCUT2D eigenvalue weighted by Crippen LogP contribution is 2.33. The van der Waals surface area contributed by atoms with E-state index in [0.717, 1.165) is 36.2 Å². The van der Waals surface area contributed by atoms with Crippen molar-refractivity contribution in [1.29, 1.82) is 0 Å². The van der Waals surface area contributed by atoms with Crippen LogP contribution in [0, 0.1) is 0 Å². The lowest BCUT2D eigenvalue weighted by Gasteiger charge is -2.19. The van der Waals surface area contributed by atoms with Crippen molar-refractivity contribution in [1.82, 2.24) is 0 Å². The van der Waals surface area contributed by atoms with Gasteiger partial charge in [-0.15, -0.1) is 0 Å². The minimum absolute atomic E-state index is 0.0406. The van der Waals surface area contributed by atoms with Crippen LogP contribution in [0.15, 0.2) is 12.1 Å². The molecule has 1 heterocycles. The summed E-state index contributed by atoms with van der Waals surface area (Å²) >= 11 is 6.24. The van der Waals surface area contributed by atoms with Crippen LogP contribution in [-0.4, -0.2) is 11.9 Å². The molecule has 18 heavy (non-hydrogen) atoms. The van der Waals surface area contributed by atoms with E-state index in [1.165, 1.54) is 0 Å². The van der Waals surface area contributed by atoms with Gasteiger partial charge in [-0.25, -0.2) is 0 Å². The van der Waals surface area contributed by atoms with Crippen molar-refractivity contribution in [3.05, 3.63) is 22.7 Å². The number of anilines is 2. The molecular weight excluding hydrogens is 248 g/mol. The summed E-state index contributed by atoms with van der Waals surface area (Å²) in [5, 5.41) is 6.95. The third-order valence-electron chi connectivity index (χ3n) is 3.31. The van der Waals surface area contributed by atoms with Crippen molar-refractivity contribution < 1.29 is 4.79 Å². The lowest BCUT2D eigenvalue weighted by molar-refractivity contribution is -0.115. The van der Waals surface area contributed by atoms with Crippen molar-refractivity contribution in [3.63, 3.8) is 0 Å². The van der Waals surface area contributed by atoms with E-state index in [4.69, 9.17) is 11.6 Å². The summed E-state index contributed by atoms with van der Waals surface area (Å²) in [5.41, 5.74) is 2.81. The highest BCUT2D eigenvalue weighted by molar-refractivity contribution is 6.33. The molecule has 1 unspecified atom stereocenters. The van der Waals surface area contributed by atoms with Gasteiger partial charge in [0.2, 0.25) is 5.91 Å². The minimum Gasteiger partial charge on any atom is -0.381 e. The zero-order valence-electron chi connectivity index (χ0n) is 10.8. The van der Waals surface area contributed by atoms with Gasteiger partial charge < -0.3 is 10.6 Å². The topological polar surface area (TPSA) is 41.1 Å². The van der Waals surface area contributed by atoms with E-state index in [0.29, 0.717) is 17.5 Å². The molecule has 1 aromatic rings. The lowest BCUT2D eigenvalue weighted by atomic mass is 10.1. The van der Waals surface area contributed by atoms with Gasteiger partial charge in [-0.1, -0.05) is 31.9 Å². The Morgan fingerprint density at radius 2 is 2.22 bits per heavy atom. The average molecular weight is 267 g/mol. The number of carbonyl (C=O) groups excluding carboxylic acids is 1. The van der Waals surface area contributed by atoms with Gasteiger partial charge in [-0.3, -0.25) is 4.79 Å². The van der Waals surface area contributed by atoms with Crippen LogP contribution in [0.25, 0.3) is 0 Å². The maximum atomic E-state index is 11.3. The van der Waals surface area contributed by atoms with Crippen molar-refractivity contribution in [2.45, 2.75) is 45.6 Å². The van der Waals surface area contributed by atoms with Gasteiger partial charge in [-0.2, -0.15) is 0 Å². The number of carbonyl (C=O) groups is 1. The smallest absolute Gasteiger partial charge is 0.228 e. The first kappa shape index (κ1) is 13.2. The van der Waals surface area contributed by atoms with Crippen LogP contribution in [-0.2, 0) is 11.2 Å². The fourth-order valence-electron chi connectivity index (χ4n) is 2.31. The first-order chi connectivity index (χ1) is 8.63. The monoisotopic (exact) mass is 266 g/mol. The van der Waals surface area contributed by atoms with Gasteiger partial charge in [0.25, 0.3) is 0 Å². The Morgan fingerprint density at radius 1 is 1.44 bits per heavy atom. The number of hydrogen-bond acceptors (Lipinski definition) is 2. The van der Waals surface area contributed by atoms with Crippen LogP contribution in [0.4, 0.5) is 11.4 Å². The molecule has 2 rings (SSSR count). The highest BCUT2D eigenvalue weighted by atomic mass is 35.5. The molecule has 0 saturated carbocycles. The Balaban J connectivity index is 2.19. The maximum absolute atomic E-state index is 11.3. The Kier molecular flexibility index (Phi) is 4.12. The summed E-state index contributed by atoms with van der Waals surface area (Å²) in [4.78, 5) is 11.3. The van der Waals surface area contributed by atoms with Crippen LogP contribution >= 0.6 is 11.6 Å². The molecule has 1 aliphatic rings. The molecule has 0 saturated heterocycles. The third-order valence-corrected chi connectivity index (χ3v) is 3.62. The molecule has 1 aliphatic heterocycles. The summed E-state index contributed by atoms with van der Waals surface area (Å²) in [7, 11) is 0. The number of halogens is 1. The molecule has 1 atom stereocenters. The Labute approximate surface area is 113 Å². The molecule has 4 heteroatoms. The zero-order chi connectivity index (χ0) is 13.1. The molecule has 0 radical (unpaired) electrons. The average Bonchev–Trinajstić information content (AvgIpc) is 2.68.